The molecule has 1 aromatic rings. The molecule has 114 valence electrons. The SMILES string of the molecule is CCCCS(=O)(=O)N(C)CC(O)c1ccc(F)cc1F. The van der Waals surface area contributed by atoms with Crippen molar-refractivity contribution in [3.63, 3.8) is 0 Å². The van der Waals surface area contributed by atoms with Crippen molar-refractivity contribution in [2.75, 3.05) is 19.3 Å². The third-order valence-corrected chi connectivity index (χ3v) is 4.89. The molecule has 0 radical (unpaired) electrons. The van der Waals surface area contributed by atoms with Crippen molar-refractivity contribution in [1.82, 2.24) is 4.31 Å². The van der Waals surface area contributed by atoms with Crippen LogP contribution in [0.15, 0.2) is 18.2 Å². The van der Waals surface area contributed by atoms with Gasteiger partial charge in [-0.3, -0.25) is 0 Å². The Morgan fingerprint density at radius 1 is 1.35 bits per heavy atom. The molecular weight excluding hydrogens is 288 g/mol. The molecular formula is C13H19F2NO3S. The van der Waals surface area contributed by atoms with E-state index in [0.29, 0.717) is 12.5 Å². The first kappa shape index (κ1) is 17.0. The number of hydrogen-bond donors (Lipinski definition) is 1. The number of unbranched alkanes of at least 4 members (excludes halogenated alkanes) is 1. The molecule has 1 rings (SSSR count). The first-order valence-electron chi connectivity index (χ1n) is 6.35. The molecule has 0 aliphatic heterocycles. The molecule has 0 amide bonds. The Balaban J connectivity index is 2.77. The van der Waals surface area contributed by atoms with Gasteiger partial charge in [0.25, 0.3) is 0 Å². The summed E-state index contributed by atoms with van der Waals surface area (Å²) in [5.41, 5.74) is -0.121. The summed E-state index contributed by atoms with van der Waals surface area (Å²) >= 11 is 0. The van der Waals surface area contributed by atoms with Crippen LogP contribution in [0.1, 0.15) is 31.4 Å². The van der Waals surface area contributed by atoms with Gasteiger partial charge in [-0.05, 0) is 12.5 Å². The highest BCUT2D eigenvalue weighted by Gasteiger charge is 2.22. The van der Waals surface area contributed by atoms with Crippen molar-refractivity contribution in [1.29, 1.82) is 0 Å². The van der Waals surface area contributed by atoms with Crippen LogP contribution >= 0.6 is 0 Å². The van der Waals surface area contributed by atoms with E-state index >= 15 is 0 Å². The van der Waals surface area contributed by atoms with Crippen molar-refractivity contribution >= 4 is 10.0 Å². The van der Waals surface area contributed by atoms with Gasteiger partial charge in [-0.1, -0.05) is 19.4 Å². The Kier molecular flexibility index (Phi) is 6.04. The molecule has 1 atom stereocenters. The van der Waals surface area contributed by atoms with Gasteiger partial charge in [-0.25, -0.2) is 21.5 Å². The quantitative estimate of drug-likeness (QED) is 0.839. The first-order valence-corrected chi connectivity index (χ1v) is 7.96. The van der Waals surface area contributed by atoms with Gasteiger partial charge in [0.2, 0.25) is 10.0 Å². The molecule has 4 nitrogen and oxygen atoms in total. The van der Waals surface area contributed by atoms with Gasteiger partial charge in [0.05, 0.1) is 11.9 Å². The molecule has 1 N–H and O–H groups in total. The van der Waals surface area contributed by atoms with Gasteiger partial charge in [0, 0.05) is 25.2 Å². The fraction of sp³-hybridized carbons (Fsp3) is 0.538. The number of aliphatic hydroxyl groups excluding tert-OH is 1. The average molecular weight is 307 g/mol. The van der Waals surface area contributed by atoms with Crippen LogP contribution in [-0.2, 0) is 10.0 Å². The molecule has 0 aromatic heterocycles. The van der Waals surface area contributed by atoms with E-state index in [1.165, 1.54) is 7.05 Å². The maximum absolute atomic E-state index is 13.5. The first-order chi connectivity index (χ1) is 9.27. The van der Waals surface area contributed by atoms with Crippen molar-refractivity contribution in [2.45, 2.75) is 25.9 Å². The number of likely N-dealkylation sites (N-methyl/N-ethyl adjacent to an activating group) is 1. The predicted octanol–water partition coefficient (Wildman–Crippen LogP) is 2.06. The molecule has 0 heterocycles. The van der Waals surface area contributed by atoms with E-state index in [1.54, 1.807) is 0 Å². The Hall–Kier alpha value is -1.05. The molecule has 7 heteroatoms. The lowest BCUT2D eigenvalue weighted by molar-refractivity contribution is 0.150. The largest absolute Gasteiger partial charge is 0.387 e. The van der Waals surface area contributed by atoms with Gasteiger partial charge >= 0.3 is 0 Å². The molecule has 0 saturated carbocycles. The molecule has 0 saturated heterocycles. The van der Waals surface area contributed by atoms with Crippen LogP contribution in [0.25, 0.3) is 0 Å². The number of halogens is 2. The van der Waals surface area contributed by atoms with E-state index in [2.05, 4.69) is 0 Å². The van der Waals surface area contributed by atoms with Crippen molar-refractivity contribution in [2.24, 2.45) is 0 Å². The number of sulfonamides is 1. The van der Waals surface area contributed by atoms with Crippen LogP contribution in [-0.4, -0.2) is 37.2 Å². The minimum atomic E-state index is -3.47. The monoisotopic (exact) mass is 307 g/mol. The zero-order valence-electron chi connectivity index (χ0n) is 11.5. The number of hydrogen-bond acceptors (Lipinski definition) is 3. The number of nitrogens with zero attached hydrogens (tertiary/aromatic N) is 1. The molecule has 0 aliphatic carbocycles. The summed E-state index contributed by atoms with van der Waals surface area (Å²) in [6, 6.07) is 2.79. The van der Waals surface area contributed by atoms with Crippen LogP contribution in [0.5, 0.6) is 0 Å². The highest BCUT2D eigenvalue weighted by atomic mass is 32.2. The maximum atomic E-state index is 13.5. The van der Waals surface area contributed by atoms with Crippen molar-refractivity contribution in [3.05, 3.63) is 35.4 Å². The van der Waals surface area contributed by atoms with Gasteiger partial charge in [-0.2, -0.15) is 0 Å². The zero-order chi connectivity index (χ0) is 15.3. The Labute approximate surface area is 118 Å². The van der Waals surface area contributed by atoms with Crippen LogP contribution in [0.2, 0.25) is 0 Å². The standard InChI is InChI=1S/C13H19F2NO3S/c1-3-4-7-20(18,19)16(2)9-13(17)11-6-5-10(14)8-12(11)15/h5-6,8,13,17H,3-4,7,9H2,1-2H3. The number of benzene rings is 1. The van der Waals surface area contributed by atoms with Crippen LogP contribution in [0, 0.1) is 11.6 Å². The Bertz CT molecular complexity index is 549. The number of rotatable bonds is 7. The molecule has 1 aromatic carbocycles. The summed E-state index contributed by atoms with van der Waals surface area (Å²) in [7, 11) is -2.14. The molecule has 20 heavy (non-hydrogen) atoms. The lowest BCUT2D eigenvalue weighted by Crippen LogP contribution is -2.33. The molecule has 0 fully saturated rings. The summed E-state index contributed by atoms with van der Waals surface area (Å²) < 4.78 is 51.0. The van der Waals surface area contributed by atoms with E-state index in [1.807, 2.05) is 6.92 Å². The fourth-order valence-corrected chi connectivity index (χ4v) is 3.04. The van der Waals surface area contributed by atoms with E-state index in [9.17, 15) is 22.3 Å². The van der Waals surface area contributed by atoms with Crippen LogP contribution in [0.3, 0.4) is 0 Å². The lowest BCUT2D eigenvalue weighted by atomic mass is 10.1. The maximum Gasteiger partial charge on any atom is 0.213 e. The summed E-state index contributed by atoms with van der Waals surface area (Å²) in [5, 5.41) is 9.88. The van der Waals surface area contributed by atoms with E-state index in [0.717, 1.165) is 22.9 Å². The summed E-state index contributed by atoms with van der Waals surface area (Å²) in [6.45, 7) is 1.60. The predicted molar refractivity (Wildman–Crippen MR) is 72.6 cm³/mol. The highest BCUT2D eigenvalue weighted by molar-refractivity contribution is 7.89. The lowest BCUT2D eigenvalue weighted by Gasteiger charge is -2.21. The fourth-order valence-electron chi connectivity index (χ4n) is 1.71. The summed E-state index contributed by atoms with van der Waals surface area (Å²) in [4.78, 5) is 0. The van der Waals surface area contributed by atoms with Gasteiger partial charge < -0.3 is 5.11 Å². The summed E-state index contributed by atoms with van der Waals surface area (Å²) in [6.07, 6.45) is -0.0763. The average Bonchev–Trinajstić information content (AvgIpc) is 2.36. The molecule has 0 bridgehead atoms. The number of aliphatic hydroxyl groups is 1. The van der Waals surface area contributed by atoms with Crippen LogP contribution in [0.4, 0.5) is 8.78 Å². The zero-order valence-corrected chi connectivity index (χ0v) is 12.3. The second-order valence-electron chi connectivity index (χ2n) is 4.63. The minimum Gasteiger partial charge on any atom is -0.387 e. The van der Waals surface area contributed by atoms with Crippen molar-refractivity contribution in [3.8, 4) is 0 Å². The van der Waals surface area contributed by atoms with E-state index < -0.39 is 27.8 Å². The third kappa shape index (κ3) is 4.50. The second kappa shape index (κ2) is 7.10. The van der Waals surface area contributed by atoms with Crippen molar-refractivity contribution < 1.29 is 22.3 Å². The second-order valence-corrected chi connectivity index (χ2v) is 6.83. The molecule has 0 aliphatic rings. The topological polar surface area (TPSA) is 57.6 Å². The Morgan fingerprint density at radius 2 is 2.00 bits per heavy atom. The summed E-state index contributed by atoms with van der Waals surface area (Å²) in [5.74, 6) is -1.65. The Morgan fingerprint density at radius 3 is 2.55 bits per heavy atom. The molecule has 1 unspecified atom stereocenters. The third-order valence-electron chi connectivity index (χ3n) is 2.98. The van der Waals surface area contributed by atoms with Gasteiger partial charge in [0.1, 0.15) is 11.6 Å². The van der Waals surface area contributed by atoms with E-state index in [-0.39, 0.29) is 17.9 Å². The molecule has 0 spiro atoms. The minimum absolute atomic E-state index is 0.0153. The smallest absolute Gasteiger partial charge is 0.213 e. The highest BCUT2D eigenvalue weighted by Crippen LogP contribution is 2.20. The van der Waals surface area contributed by atoms with Crippen LogP contribution < -0.4 is 0 Å². The van der Waals surface area contributed by atoms with E-state index in [4.69, 9.17) is 0 Å². The van der Waals surface area contributed by atoms with Gasteiger partial charge in [-0.15, -0.1) is 0 Å². The normalized spacial score (nSPS) is 13.7. The van der Waals surface area contributed by atoms with Gasteiger partial charge in [0.15, 0.2) is 0 Å².